The molecule has 1 N–H and O–H groups in total. The van der Waals surface area contributed by atoms with Crippen molar-refractivity contribution >= 4 is 40.8 Å². The third-order valence-electron chi connectivity index (χ3n) is 2.02. The van der Waals surface area contributed by atoms with Crippen molar-refractivity contribution in [1.29, 1.82) is 0 Å². The van der Waals surface area contributed by atoms with E-state index >= 15 is 0 Å². The maximum absolute atomic E-state index is 6.05. The monoisotopic (exact) mass is 264 g/mol. The van der Waals surface area contributed by atoms with Crippen LogP contribution in [0.15, 0.2) is 11.1 Å². The summed E-state index contributed by atoms with van der Waals surface area (Å²) in [6, 6.07) is 1.71. The summed E-state index contributed by atoms with van der Waals surface area (Å²) in [6.45, 7) is 1.53. The molecule has 0 unspecified atom stereocenters. The van der Waals surface area contributed by atoms with Gasteiger partial charge in [0.1, 0.15) is 10.8 Å². The van der Waals surface area contributed by atoms with Crippen molar-refractivity contribution < 1.29 is 4.74 Å². The van der Waals surface area contributed by atoms with Gasteiger partial charge in [-0.3, -0.25) is 0 Å². The number of hydrogen-bond acceptors (Lipinski definition) is 4. The predicted molar refractivity (Wildman–Crippen MR) is 64.3 cm³/mol. The topological polar surface area (TPSA) is 34.2 Å². The number of pyridine rings is 1. The largest absolute Gasteiger partial charge is 0.379 e. The quantitative estimate of drug-likeness (QED) is 0.911. The number of aromatic nitrogens is 1. The Labute approximate surface area is 102 Å². The summed E-state index contributed by atoms with van der Waals surface area (Å²) in [5.74, 6) is 0.656. The zero-order chi connectivity index (χ0) is 10.8. The standard InChI is InChI=1S/C9H10Cl2N2OS/c1-12-8-6(10)2-7(11)9(13-8)15-5-3-14-4-5/h2,5H,3-4H2,1H3,(H,12,13). The minimum atomic E-state index is 0.459. The molecule has 82 valence electrons. The van der Waals surface area contributed by atoms with Gasteiger partial charge >= 0.3 is 0 Å². The molecule has 2 rings (SSSR count). The van der Waals surface area contributed by atoms with Crippen molar-refractivity contribution in [3.63, 3.8) is 0 Å². The Morgan fingerprint density at radius 2 is 2.20 bits per heavy atom. The molecule has 3 nitrogen and oxygen atoms in total. The zero-order valence-electron chi connectivity index (χ0n) is 8.09. The van der Waals surface area contributed by atoms with Gasteiger partial charge < -0.3 is 10.1 Å². The van der Waals surface area contributed by atoms with Gasteiger partial charge in [-0.25, -0.2) is 4.98 Å². The third-order valence-corrected chi connectivity index (χ3v) is 3.85. The van der Waals surface area contributed by atoms with E-state index in [1.54, 1.807) is 24.9 Å². The first kappa shape index (κ1) is 11.3. The van der Waals surface area contributed by atoms with Crippen molar-refractivity contribution in [3.05, 3.63) is 16.1 Å². The molecule has 0 amide bonds. The smallest absolute Gasteiger partial charge is 0.145 e. The fourth-order valence-corrected chi connectivity index (χ4v) is 2.69. The summed E-state index contributed by atoms with van der Waals surface area (Å²) in [5, 5.41) is 5.32. The molecule has 0 aliphatic carbocycles. The predicted octanol–water partition coefficient (Wildman–Crippen LogP) is 2.92. The SMILES string of the molecule is CNc1nc(SC2COC2)c(Cl)cc1Cl. The first-order chi connectivity index (χ1) is 7.20. The Hall–Kier alpha value is -0.160. The van der Waals surface area contributed by atoms with Crippen molar-refractivity contribution in [2.24, 2.45) is 0 Å². The summed E-state index contributed by atoms with van der Waals surface area (Å²) < 4.78 is 5.09. The lowest BCUT2D eigenvalue weighted by molar-refractivity contribution is 0.0455. The van der Waals surface area contributed by atoms with Crippen LogP contribution in [0.25, 0.3) is 0 Å². The van der Waals surface area contributed by atoms with Crippen molar-refractivity contribution in [2.45, 2.75) is 10.3 Å². The van der Waals surface area contributed by atoms with Gasteiger partial charge in [-0.2, -0.15) is 0 Å². The molecular weight excluding hydrogens is 255 g/mol. The molecule has 15 heavy (non-hydrogen) atoms. The van der Waals surface area contributed by atoms with Gasteiger partial charge in [0.05, 0.1) is 28.5 Å². The number of ether oxygens (including phenoxy) is 1. The second-order valence-corrected chi connectivity index (χ2v) is 5.24. The number of anilines is 1. The molecule has 1 aromatic rings. The summed E-state index contributed by atoms with van der Waals surface area (Å²) in [5.41, 5.74) is 0. The van der Waals surface area contributed by atoms with E-state index < -0.39 is 0 Å². The summed E-state index contributed by atoms with van der Waals surface area (Å²) in [4.78, 5) is 4.34. The Kier molecular flexibility index (Phi) is 3.61. The van der Waals surface area contributed by atoms with Gasteiger partial charge in [0.15, 0.2) is 0 Å². The molecule has 1 aliphatic rings. The first-order valence-electron chi connectivity index (χ1n) is 4.49. The fraction of sp³-hybridized carbons (Fsp3) is 0.444. The molecule has 0 saturated carbocycles. The van der Waals surface area contributed by atoms with Crippen LogP contribution in [0.3, 0.4) is 0 Å². The molecule has 1 saturated heterocycles. The minimum absolute atomic E-state index is 0.459. The maximum atomic E-state index is 6.05. The number of halogens is 2. The fourth-order valence-electron chi connectivity index (χ4n) is 1.15. The van der Waals surface area contributed by atoms with E-state index in [1.165, 1.54) is 0 Å². The summed E-state index contributed by atoms with van der Waals surface area (Å²) >= 11 is 13.6. The number of hydrogen-bond donors (Lipinski definition) is 1. The Bertz CT molecular complexity index is 371. The zero-order valence-corrected chi connectivity index (χ0v) is 10.4. The van der Waals surface area contributed by atoms with E-state index in [-0.39, 0.29) is 0 Å². The highest BCUT2D eigenvalue weighted by Gasteiger charge is 2.22. The van der Waals surface area contributed by atoms with E-state index in [4.69, 9.17) is 27.9 Å². The number of nitrogens with one attached hydrogen (secondary N) is 1. The number of rotatable bonds is 3. The molecule has 0 aromatic carbocycles. The van der Waals surface area contributed by atoms with Crippen LogP contribution in [0.4, 0.5) is 5.82 Å². The molecule has 0 spiro atoms. The highest BCUT2D eigenvalue weighted by Crippen LogP contribution is 2.35. The molecule has 1 aromatic heterocycles. The third kappa shape index (κ3) is 2.50. The van der Waals surface area contributed by atoms with Crippen LogP contribution in [0, 0.1) is 0 Å². The lowest BCUT2D eigenvalue weighted by Crippen LogP contribution is -2.30. The average molecular weight is 265 g/mol. The molecule has 6 heteroatoms. The van der Waals surface area contributed by atoms with E-state index in [9.17, 15) is 0 Å². The Morgan fingerprint density at radius 3 is 2.73 bits per heavy atom. The van der Waals surface area contributed by atoms with E-state index in [1.807, 2.05) is 0 Å². The van der Waals surface area contributed by atoms with Crippen LogP contribution in [-0.4, -0.2) is 30.5 Å². The second kappa shape index (κ2) is 4.78. The lowest BCUT2D eigenvalue weighted by atomic mass is 10.4. The van der Waals surface area contributed by atoms with Crippen molar-refractivity contribution in [2.75, 3.05) is 25.6 Å². The second-order valence-electron chi connectivity index (χ2n) is 3.13. The molecule has 1 fully saturated rings. The Balaban J connectivity index is 2.21. The molecule has 0 atom stereocenters. The Morgan fingerprint density at radius 1 is 1.47 bits per heavy atom. The molecule has 0 bridgehead atoms. The van der Waals surface area contributed by atoms with Crippen LogP contribution in [-0.2, 0) is 4.74 Å². The van der Waals surface area contributed by atoms with E-state index in [2.05, 4.69) is 10.3 Å². The summed E-state index contributed by atoms with van der Waals surface area (Å²) in [7, 11) is 1.78. The van der Waals surface area contributed by atoms with E-state index in [0.717, 1.165) is 18.2 Å². The maximum Gasteiger partial charge on any atom is 0.145 e. The average Bonchev–Trinajstić information content (AvgIpc) is 2.14. The molecule has 2 heterocycles. The molecule has 0 radical (unpaired) electrons. The van der Waals surface area contributed by atoms with Crippen LogP contribution >= 0.6 is 35.0 Å². The van der Waals surface area contributed by atoms with Gasteiger partial charge in [-0.05, 0) is 6.07 Å². The highest BCUT2D eigenvalue weighted by atomic mass is 35.5. The van der Waals surface area contributed by atoms with Gasteiger partial charge in [-0.1, -0.05) is 35.0 Å². The van der Waals surface area contributed by atoms with Crippen molar-refractivity contribution in [1.82, 2.24) is 4.98 Å². The first-order valence-corrected chi connectivity index (χ1v) is 6.12. The van der Waals surface area contributed by atoms with Gasteiger partial charge in [0, 0.05) is 7.05 Å². The van der Waals surface area contributed by atoms with Crippen LogP contribution in [0.5, 0.6) is 0 Å². The normalized spacial score (nSPS) is 16.2. The van der Waals surface area contributed by atoms with Gasteiger partial charge in [0.25, 0.3) is 0 Å². The minimum Gasteiger partial charge on any atom is -0.379 e. The highest BCUT2D eigenvalue weighted by molar-refractivity contribution is 8.00. The number of thioether (sulfide) groups is 1. The summed E-state index contributed by atoms with van der Waals surface area (Å²) in [6.07, 6.45) is 0. The van der Waals surface area contributed by atoms with Crippen molar-refractivity contribution in [3.8, 4) is 0 Å². The van der Waals surface area contributed by atoms with Gasteiger partial charge in [0.2, 0.25) is 0 Å². The molecule has 1 aliphatic heterocycles. The van der Waals surface area contributed by atoms with E-state index in [0.29, 0.717) is 21.1 Å². The molecular formula is C9H10Cl2N2OS. The van der Waals surface area contributed by atoms with Gasteiger partial charge in [-0.15, -0.1) is 0 Å². The van der Waals surface area contributed by atoms with Crippen LogP contribution in [0.2, 0.25) is 10.0 Å². The number of nitrogens with zero attached hydrogens (tertiary/aromatic N) is 1. The van der Waals surface area contributed by atoms with Crippen LogP contribution < -0.4 is 5.32 Å². The lowest BCUT2D eigenvalue weighted by Gasteiger charge is -2.25. The van der Waals surface area contributed by atoms with Crippen LogP contribution in [0.1, 0.15) is 0 Å².